The van der Waals surface area contributed by atoms with Gasteiger partial charge in [-0.25, -0.2) is 5.90 Å². The molecule has 0 saturated heterocycles. The maximum absolute atomic E-state index is 5.08. The molecule has 0 amide bonds. The molecule has 2 N–H and O–H groups in total. The first kappa shape index (κ1) is 8.53. The summed E-state index contributed by atoms with van der Waals surface area (Å²) in [7, 11) is 2.10. The molecule has 1 aliphatic rings. The van der Waals surface area contributed by atoms with Crippen molar-refractivity contribution in [3.63, 3.8) is 0 Å². The number of benzene rings is 1. The molecule has 0 saturated carbocycles. The Bertz CT molecular complexity index is 312. The number of fused-ring (bicyclic) bond motifs is 1. The van der Waals surface area contributed by atoms with E-state index in [9.17, 15) is 0 Å². The maximum atomic E-state index is 5.08. The first-order valence-electron chi connectivity index (χ1n) is 4.46. The van der Waals surface area contributed by atoms with Gasteiger partial charge in [0.1, 0.15) is 0 Å². The van der Waals surface area contributed by atoms with Crippen LogP contribution in [0.15, 0.2) is 18.2 Å². The molecule has 0 radical (unpaired) electrons. The number of para-hydroxylation sites is 1. The molecule has 0 bridgehead atoms. The Hall–Kier alpha value is -1.06. The van der Waals surface area contributed by atoms with Gasteiger partial charge in [-0.05, 0) is 12.0 Å². The summed E-state index contributed by atoms with van der Waals surface area (Å²) in [6.07, 6.45) is 1.13. The van der Waals surface area contributed by atoms with E-state index in [0.29, 0.717) is 6.61 Å². The van der Waals surface area contributed by atoms with Crippen molar-refractivity contribution in [1.29, 1.82) is 0 Å². The summed E-state index contributed by atoms with van der Waals surface area (Å²) in [5.41, 5.74) is 3.88. The summed E-state index contributed by atoms with van der Waals surface area (Å²) in [5.74, 6) is 5.08. The Balaban J connectivity index is 2.41. The van der Waals surface area contributed by atoms with Gasteiger partial charge >= 0.3 is 0 Å². The highest BCUT2D eigenvalue weighted by Crippen LogP contribution is 2.30. The van der Waals surface area contributed by atoms with E-state index in [1.807, 2.05) is 0 Å². The normalized spacial score (nSPS) is 14.8. The van der Waals surface area contributed by atoms with E-state index in [0.717, 1.165) is 13.0 Å². The second-order valence-electron chi connectivity index (χ2n) is 3.41. The van der Waals surface area contributed by atoms with Crippen LogP contribution >= 0.6 is 0 Å². The third kappa shape index (κ3) is 1.41. The summed E-state index contributed by atoms with van der Waals surface area (Å²) >= 11 is 0. The average Bonchev–Trinajstić information content (AvgIpc) is 2.50. The molecule has 3 heteroatoms. The van der Waals surface area contributed by atoms with Crippen LogP contribution in [0.2, 0.25) is 0 Å². The third-order valence-electron chi connectivity index (χ3n) is 2.54. The quantitative estimate of drug-likeness (QED) is 0.688. The molecule has 1 aromatic rings. The van der Waals surface area contributed by atoms with Crippen molar-refractivity contribution in [2.75, 3.05) is 18.5 Å². The van der Waals surface area contributed by atoms with Gasteiger partial charge in [0.25, 0.3) is 0 Å². The summed E-state index contributed by atoms with van der Waals surface area (Å²) in [6.45, 7) is 1.59. The zero-order valence-corrected chi connectivity index (χ0v) is 7.79. The highest BCUT2D eigenvalue weighted by Gasteiger charge is 2.18. The SMILES string of the molecule is CN1CCc2cccc(CON)c21. The van der Waals surface area contributed by atoms with Gasteiger partial charge in [-0.1, -0.05) is 18.2 Å². The van der Waals surface area contributed by atoms with E-state index in [1.165, 1.54) is 16.8 Å². The lowest BCUT2D eigenvalue weighted by Gasteiger charge is -2.15. The molecule has 0 aromatic heterocycles. The Morgan fingerprint density at radius 2 is 2.38 bits per heavy atom. The number of nitrogens with zero attached hydrogens (tertiary/aromatic N) is 1. The molecular formula is C10H14N2O. The number of rotatable bonds is 2. The lowest BCUT2D eigenvalue weighted by atomic mass is 10.1. The van der Waals surface area contributed by atoms with Crippen LogP contribution in [0.1, 0.15) is 11.1 Å². The van der Waals surface area contributed by atoms with Gasteiger partial charge in [0, 0.05) is 24.8 Å². The van der Waals surface area contributed by atoms with E-state index in [1.54, 1.807) is 0 Å². The first-order valence-corrected chi connectivity index (χ1v) is 4.46. The lowest BCUT2D eigenvalue weighted by Crippen LogP contribution is -2.14. The molecule has 0 fully saturated rings. The molecule has 13 heavy (non-hydrogen) atoms. The molecule has 3 nitrogen and oxygen atoms in total. The Morgan fingerprint density at radius 1 is 1.54 bits per heavy atom. The van der Waals surface area contributed by atoms with Crippen molar-refractivity contribution in [3.8, 4) is 0 Å². The fourth-order valence-corrected chi connectivity index (χ4v) is 1.94. The summed E-state index contributed by atoms with van der Waals surface area (Å²) < 4.78 is 0. The topological polar surface area (TPSA) is 38.5 Å². The van der Waals surface area contributed by atoms with E-state index < -0.39 is 0 Å². The van der Waals surface area contributed by atoms with Crippen molar-refractivity contribution in [1.82, 2.24) is 0 Å². The van der Waals surface area contributed by atoms with Crippen LogP contribution in [0.4, 0.5) is 5.69 Å². The first-order chi connectivity index (χ1) is 6.33. The molecular weight excluding hydrogens is 164 g/mol. The van der Waals surface area contributed by atoms with Gasteiger partial charge in [-0.3, -0.25) is 4.84 Å². The third-order valence-corrected chi connectivity index (χ3v) is 2.54. The zero-order chi connectivity index (χ0) is 9.26. The predicted octanol–water partition coefficient (Wildman–Crippen LogP) is 1.07. The minimum atomic E-state index is 0.494. The molecule has 1 aromatic carbocycles. The molecule has 1 heterocycles. The average molecular weight is 178 g/mol. The van der Waals surface area contributed by atoms with Crippen LogP contribution in [0.5, 0.6) is 0 Å². The van der Waals surface area contributed by atoms with Crippen LogP contribution in [-0.2, 0) is 17.9 Å². The van der Waals surface area contributed by atoms with Crippen molar-refractivity contribution >= 4 is 5.69 Å². The predicted molar refractivity (Wildman–Crippen MR) is 52.4 cm³/mol. The minimum absolute atomic E-state index is 0.494. The smallest absolute Gasteiger partial charge is 0.0950 e. The Labute approximate surface area is 78.1 Å². The van der Waals surface area contributed by atoms with Crippen LogP contribution in [-0.4, -0.2) is 13.6 Å². The largest absolute Gasteiger partial charge is 0.374 e. The van der Waals surface area contributed by atoms with Gasteiger partial charge in [0.2, 0.25) is 0 Å². The molecule has 70 valence electrons. The molecule has 0 atom stereocenters. The zero-order valence-electron chi connectivity index (χ0n) is 7.79. The number of nitrogens with two attached hydrogens (primary N) is 1. The van der Waals surface area contributed by atoms with Crippen LogP contribution in [0.3, 0.4) is 0 Å². The van der Waals surface area contributed by atoms with Crippen LogP contribution < -0.4 is 10.8 Å². The van der Waals surface area contributed by atoms with Gasteiger partial charge in [0.15, 0.2) is 0 Å². The lowest BCUT2D eigenvalue weighted by molar-refractivity contribution is 0.124. The second-order valence-corrected chi connectivity index (χ2v) is 3.41. The van der Waals surface area contributed by atoms with Gasteiger partial charge in [-0.2, -0.15) is 0 Å². The Morgan fingerprint density at radius 3 is 3.15 bits per heavy atom. The standard InChI is InChI=1S/C10H14N2O/c1-12-6-5-8-3-2-4-9(7-13-11)10(8)12/h2-4H,5-7,11H2,1H3. The number of hydrogen-bond acceptors (Lipinski definition) is 3. The Kier molecular flexibility index (Phi) is 2.20. The van der Waals surface area contributed by atoms with Crippen molar-refractivity contribution in [2.24, 2.45) is 5.90 Å². The number of hydrogen-bond donors (Lipinski definition) is 1. The van der Waals surface area contributed by atoms with Gasteiger partial charge in [0.05, 0.1) is 6.61 Å². The summed E-state index contributed by atoms with van der Waals surface area (Å²) in [4.78, 5) is 6.93. The van der Waals surface area contributed by atoms with Crippen molar-refractivity contribution in [3.05, 3.63) is 29.3 Å². The van der Waals surface area contributed by atoms with Crippen molar-refractivity contribution < 1.29 is 4.84 Å². The van der Waals surface area contributed by atoms with E-state index in [4.69, 9.17) is 5.90 Å². The van der Waals surface area contributed by atoms with Crippen LogP contribution in [0.25, 0.3) is 0 Å². The fourth-order valence-electron chi connectivity index (χ4n) is 1.94. The monoisotopic (exact) mass is 178 g/mol. The van der Waals surface area contributed by atoms with Gasteiger partial charge in [-0.15, -0.1) is 0 Å². The molecule has 0 spiro atoms. The highest BCUT2D eigenvalue weighted by atomic mass is 16.6. The van der Waals surface area contributed by atoms with Crippen LogP contribution in [0, 0.1) is 0 Å². The molecule has 1 aliphatic heterocycles. The van der Waals surface area contributed by atoms with Crippen molar-refractivity contribution in [2.45, 2.75) is 13.0 Å². The van der Waals surface area contributed by atoms with E-state index in [-0.39, 0.29) is 0 Å². The minimum Gasteiger partial charge on any atom is -0.374 e. The van der Waals surface area contributed by atoms with Gasteiger partial charge < -0.3 is 4.90 Å². The molecule has 0 unspecified atom stereocenters. The number of anilines is 1. The van der Waals surface area contributed by atoms with E-state index in [2.05, 4.69) is 35.0 Å². The second kappa shape index (κ2) is 3.36. The number of likely N-dealkylation sites (N-methyl/N-ethyl adjacent to an activating group) is 1. The summed E-state index contributed by atoms with van der Waals surface area (Å²) in [5, 5.41) is 0. The molecule has 0 aliphatic carbocycles. The highest BCUT2D eigenvalue weighted by molar-refractivity contribution is 5.62. The van der Waals surface area contributed by atoms with E-state index >= 15 is 0 Å². The maximum Gasteiger partial charge on any atom is 0.0950 e. The fraction of sp³-hybridized carbons (Fsp3) is 0.400. The summed E-state index contributed by atoms with van der Waals surface area (Å²) in [6, 6.07) is 6.29. The molecule has 2 rings (SSSR count).